The van der Waals surface area contributed by atoms with E-state index in [0.717, 1.165) is 26.0 Å². The number of nitrogens with one attached hydrogen (secondary N) is 2. The van der Waals surface area contributed by atoms with Crippen LogP contribution in [-0.4, -0.2) is 38.1 Å². The number of imide groups is 1. The number of ether oxygens (including phenoxy) is 1. The van der Waals surface area contributed by atoms with Gasteiger partial charge >= 0.3 is 0 Å². The molecule has 0 aromatic rings. The van der Waals surface area contributed by atoms with Crippen molar-refractivity contribution < 1.29 is 14.3 Å². The molecule has 0 saturated heterocycles. The molecule has 5 nitrogen and oxygen atoms in total. The molecule has 1 unspecified atom stereocenters. The van der Waals surface area contributed by atoms with Crippen LogP contribution in [0.25, 0.3) is 0 Å². The van der Waals surface area contributed by atoms with Gasteiger partial charge in [-0.1, -0.05) is 55.4 Å². The van der Waals surface area contributed by atoms with Crippen molar-refractivity contribution in [1.82, 2.24) is 10.6 Å². The quantitative estimate of drug-likeness (QED) is 0.607. The summed E-state index contributed by atoms with van der Waals surface area (Å²) in [7, 11) is 1.96. The molecule has 0 radical (unpaired) electrons. The summed E-state index contributed by atoms with van der Waals surface area (Å²) in [5.41, 5.74) is 0.0394. The van der Waals surface area contributed by atoms with Gasteiger partial charge in [-0.3, -0.25) is 14.9 Å². The third-order valence-corrected chi connectivity index (χ3v) is 2.77. The molecule has 0 heterocycles. The third kappa shape index (κ3) is 35.1. The standard InChI is InChI=1S/C8H19NO.C6H11NO2.3C2H6/c1-5-10-8(2,3)6-7-9-4;1-3-5(2)6(9)7-4-8;3*1-2/h9H,5-7H2,1-4H3;4-5H,3H2,1-2H3,(H,7,8,9);3*1-2H3. The summed E-state index contributed by atoms with van der Waals surface area (Å²) in [4.78, 5) is 20.3. The molecular formula is C20H48N2O3. The molecule has 156 valence electrons. The Hall–Kier alpha value is -0.940. The van der Waals surface area contributed by atoms with Crippen LogP contribution in [0.3, 0.4) is 0 Å². The third-order valence-electron chi connectivity index (χ3n) is 2.77. The molecule has 25 heavy (non-hydrogen) atoms. The average Bonchev–Trinajstić information content (AvgIpc) is 2.65. The summed E-state index contributed by atoms with van der Waals surface area (Å²) in [6, 6.07) is 0. The fourth-order valence-corrected chi connectivity index (χ4v) is 1.27. The van der Waals surface area contributed by atoms with E-state index in [4.69, 9.17) is 4.74 Å². The fraction of sp³-hybridized carbons (Fsp3) is 0.900. The van der Waals surface area contributed by atoms with Crippen molar-refractivity contribution >= 4 is 12.3 Å². The molecule has 0 bridgehead atoms. The first kappa shape index (κ1) is 35.2. The predicted molar refractivity (Wildman–Crippen MR) is 112 cm³/mol. The minimum Gasteiger partial charge on any atom is -0.376 e. The van der Waals surface area contributed by atoms with Gasteiger partial charge in [-0.05, 0) is 47.2 Å². The number of rotatable bonds is 8. The van der Waals surface area contributed by atoms with Crippen LogP contribution in [0, 0.1) is 5.92 Å². The molecule has 0 saturated carbocycles. The van der Waals surface area contributed by atoms with Gasteiger partial charge in [-0.25, -0.2) is 0 Å². The van der Waals surface area contributed by atoms with Crippen molar-refractivity contribution in [3.8, 4) is 0 Å². The average molecular weight is 365 g/mol. The molecule has 5 heteroatoms. The highest BCUT2D eigenvalue weighted by molar-refractivity contribution is 5.87. The van der Waals surface area contributed by atoms with Crippen molar-refractivity contribution in [2.75, 3.05) is 20.2 Å². The second-order valence-electron chi connectivity index (χ2n) is 4.98. The van der Waals surface area contributed by atoms with Crippen molar-refractivity contribution in [2.24, 2.45) is 5.92 Å². The van der Waals surface area contributed by atoms with Crippen LogP contribution in [0.5, 0.6) is 0 Å². The van der Waals surface area contributed by atoms with Gasteiger partial charge in [0.2, 0.25) is 12.3 Å². The Morgan fingerprint density at radius 2 is 1.52 bits per heavy atom. The molecule has 0 fully saturated rings. The maximum absolute atomic E-state index is 10.6. The molecule has 0 aliphatic carbocycles. The van der Waals surface area contributed by atoms with Crippen LogP contribution in [-0.2, 0) is 14.3 Å². The molecule has 0 aliphatic heterocycles. The molecule has 0 aromatic heterocycles. The van der Waals surface area contributed by atoms with Gasteiger partial charge in [-0.2, -0.15) is 0 Å². The van der Waals surface area contributed by atoms with E-state index in [1.54, 1.807) is 6.92 Å². The zero-order valence-electron chi connectivity index (χ0n) is 19.2. The Bertz CT molecular complexity index is 245. The van der Waals surface area contributed by atoms with Crippen LogP contribution in [0.2, 0.25) is 0 Å². The maximum Gasteiger partial charge on any atom is 0.229 e. The van der Waals surface area contributed by atoms with Crippen molar-refractivity contribution in [2.45, 2.75) is 94.6 Å². The number of hydrogen-bond acceptors (Lipinski definition) is 4. The Labute approximate surface area is 158 Å². The van der Waals surface area contributed by atoms with Gasteiger partial charge in [-0.15, -0.1) is 0 Å². The van der Waals surface area contributed by atoms with Crippen LogP contribution in [0.15, 0.2) is 0 Å². The van der Waals surface area contributed by atoms with Gasteiger partial charge in [0.15, 0.2) is 0 Å². The van der Waals surface area contributed by atoms with Crippen molar-refractivity contribution in [3.05, 3.63) is 0 Å². The predicted octanol–water partition coefficient (Wildman–Crippen LogP) is 4.79. The minimum atomic E-state index is -0.201. The van der Waals surface area contributed by atoms with E-state index in [9.17, 15) is 9.59 Å². The van der Waals surface area contributed by atoms with Gasteiger partial charge in [0.1, 0.15) is 0 Å². The highest BCUT2D eigenvalue weighted by Crippen LogP contribution is 2.12. The Morgan fingerprint density at radius 3 is 1.80 bits per heavy atom. The summed E-state index contributed by atoms with van der Waals surface area (Å²) in [5, 5.41) is 5.18. The first-order chi connectivity index (χ1) is 11.8. The number of carbonyl (C=O) groups is 2. The summed E-state index contributed by atoms with van der Waals surface area (Å²) >= 11 is 0. The van der Waals surface area contributed by atoms with E-state index in [1.807, 2.05) is 62.4 Å². The summed E-state index contributed by atoms with van der Waals surface area (Å²) in [6.45, 7) is 23.8. The second-order valence-corrected chi connectivity index (χ2v) is 4.98. The van der Waals surface area contributed by atoms with Crippen molar-refractivity contribution in [1.29, 1.82) is 0 Å². The van der Waals surface area contributed by atoms with Crippen LogP contribution in [0.4, 0.5) is 0 Å². The number of hydrogen-bond donors (Lipinski definition) is 2. The highest BCUT2D eigenvalue weighted by Gasteiger charge is 2.15. The van der Waals surface area contributed by atoms with Crippen LogP contribution < -0.4 is 10.6 Å². The molecular weight excluding hydrogens is 316 g/mol. The molecule has 2 N–H and O–H groups in total. The van der Waals surface area contributed by atoms with E-state index in [-0.39, 0.29) is 17.4 Å². The van der Waals surface area contributed by atoms with E-state index in [1.165, 1.54) is 0 Å². The van der Waals surface area contributed by atoms with Crippen molar-refractivity contribution in [3.63, 3.8) is 0 Å². The lowest BCUT2D eigenvalue weighted by Gasteiger charge is -2.24. The van der Waals surface area contributed by atoms with Crippen LogP contribution >= 0.6 is 0 Å². The summed E-state index contributed by atoms with van der Waals surface area (Å²) < 4.78 is 5.49. The molecule has 0 spiro atoms. The molecule has 0 rings (SSSR count). The first-order valence-corrected chi connectivity index (χ1v) is 9.87. The summed E-state index contributed by atoms with van der Waals surface area (Å²) in [6.07, 6.45) is 2.24. The Balaban J connectivity index is -0.0000000820. The number of carbonyl (C=O) groups excluding carboxylic acids is 2. The molecule has 1 atom stereocenters. The summed E-state index contributed by atoms with van der Waals surface area (Å²) in [5.74, 6) is -0.261. The number of amides is 2. The minimum absolute atomic E-state index is 0.0394. The van der Waals surface area contributed by atoms with Crippen LogP contribution in [0.1, 0.15) is 89.0 Å². The Morgan fingerprint density at radius 1 is 1.08 bits per heavy atom. The normalized spacial score (nSPS) is 9.92. The second kappa shape index (κ2) is 30.9. The monoisotopic (exact) mass is 364 g/mol. The van der Waals surface area contributed by atoms with Gasteiger partial charge in [0.25, 0.3) is 0 Å². The van der Waals surface area contributed by atoms with Gasteiger partial charge in [0, 0.05) is 12.5 Å². The maximum atomic E-state index is 10.6. The van der Waals surface area contributed by atoms with E-state index < -0.39 is 0 Å². The fourth-order valence-electron chi connectivity index (χ4n) is 1.27. The highest BCUT2D eigenvalue weighted by atomic mass is 16.5. The van der Waals surface area contributed by atoms with E-state index >= 15 is 0 Å². The first-order valence-electron chi connectivity index (χ1n) is 9.87. The van der Waals surface area contributed by atoms with Gasteiger partial charge in [0.05, 0.1) is 5.60 Å². The lowest BCUT2D eigenvalue weighted by Crippen LogP contribution is -2.28. The smallest absolute Gasteiger partial charge is 0.229 e. The SMILES string of the molecule is CC.CC.CC.CCC(C)C(=O)NC=O.CCOC(C)(C)CCNC. The largest absolute Gasteiger partial charge is 0.376 e. The van der Waals surface area contributed by atoms with E-state index in [2.05, 4.69) is 24.5 Å². The molecule has 0 aromatic carbocycles. The topological polar surface area (TPSA) is 67.4 Å². The Kier molecular flexibility index (Phi) is 43.5. The lowest BCUT2D eigenvalue weighted by atomic mass is 10.1. The lowest BCUT2D eigenvalue weighted by molar-refractivity contribution is -0.128. The molecule has 2 amide bonds. The van der Waals surface area contributed by atoms with E-state index in [0.29, 0.717) is 6.41 Å². The zero-order chi connectivity index (χ0) is 21.3. The zero-order valence-corrected chi connectivity index (χ0v) is 19.2. The molecule has 0 aliphatic rings. The van der Waals surface area contributed by atoms with Gasteiger partial charge < -0.3 is 10.1 Å².